The van der Waals surface area contributed by atoms with Crippen molar-refractivity contribution in [2.75, 3.05) is 65.6 Å². The number of hydrogen-bond donors (Lipinski definition) is 2. The molecule has 0 spiro atoms. The van der Waals surface area contributed by atoms with Crippen LogP contribution < -0.4 is 5.48 Å². The van der Waals surface area contributed by atoms with Gasteiger partial charge in [0, 0.05) is 80.2 Å². The number of benzene rings is 2. The fourth-order valence-corrected chi connectivity index (χ4v) is 5.80. The topological polar surface area (TPSA) is 73.1 Å². The molecule has 0 saturated carbocycles. The maximum absolute atomic E-state index is 13.7. The molecule has 250 valence electrons. The summed E-state index contributed by atoms with van der Waals surface area (Å²) in [5.41, 5.74) is 1.82. The first kappa shape index (κ1) is 33.8. The summed E-state index contributed by atoms with van der Waals surface area (Å²) in [6, 6.07) is 8.10. The summed E-state index contributed by atoms with van der Waals surface area (Å²) < 4.78 is 86.8. The second-order valence-corrected chi connectivity index (χ2v) is 11.6. The van der Waals surface area contributed by atoms with Crippen molar-refractivity contribution in [3.63, 3.8) is 0 Å². The number of hydroxylamine groups is 1. The Balaban J connectivity index is 1.31. The number of morpholine rings is 1. The number of nitrogens with zero attached hydrogens (tertiary/aromatic N) is 3. The standard InChI is InChI=1S/C32H37F6N5O3/c1-22(40-46-15-12-41-10-13-45-14-11-41)6-7-42-8-9-43(27(21-42)18-24-20-39-29-5-3-2-4-28(24)29)30(44)23-16-25(31(33,34)35)19-26(17-23)32(36,37)38/h2-6,16-17,19-20,27,39-40H,7-15,18,21H2,1H3/t27-/m1/s1. The molecule has 0 aliphatic carbocycles. The molecule has 2 aliphatic rings. The lowest BCUT2D eigenvalue weighted by Crippen LogP contribution is -2.56. The number of fused-ring (bicyclic) bond motifs is 1. The van der Waals surface area contributed by atoms with Gasteiger partial charge in [0.05, 0.1) is 30.9 Å². The monoisotopic (exact) mass is 653 g/mol. The predicted molar refractivity (Wildman–Crippen MR) is 160 cm³/mol. The molecular formula is C32H37F6N5O3. The van der Waals surface area contributed by atoms with Crippen LogP contribution in [-0.4, -0.2) is 97.3 Å². The molecule has 8 nitrogen and oxygen atoms in total. The highest BCUT2D eigenvalue weighted by atomic mass is 19.4. The summed E-state index contributed by atoms with van der Waals surface area (Å²) >= 11 is 0. The van der Waals surface area contributed by atoms with Gasteiger partial charge in [-0.25, -0.2) is 0 Å². The highest BCUT2D eigenvalue weighted by Crippen LogP contribution is 2.37. The minimum absolute atomic E-state index is 0.0349. The van der Waals surface area contributed by atoms with E-state index in [1.165, 1.54) is 4.90 Å². The molecule has 3 aromatic rings. The van der Waals surface area contributed by atoms with Crippen LogP contribution in [-0.2, 0) is 28.3 Å². The zero-order valence-corrected chi connectivity index (χ0v) is 25.4. The molecule has 2 N–H and O–H groups in total. The molecule has 2 fully saturated rings. The Morgan fingerprint density at radius 1 is 1.00 bits per heavy atom. The predicted octanol–water partition coefficient (Wildman–Crippen LogP) is 5.33. The first-order valence-corrected chi connectivity index (χ1v) is 15.1. The zero-order valence-electron chi connectivity index (χ0n) is 25.4. The second kappa shape index (κ2) is 14.4. The fraction of sp³-hybridized carbons (Fsp3) is 0.469. The largest absolute Gasteiger partial charge is 0.416 e. The molecule has 0 radical (unpaired) electrons. The average molecular weight is 654 g/mol. The van der Waals surface area contributed by atoms with Gasteiger partial charge in [-0.2, -0.15) is 26.3 Å². The number of rotatable bonds is 10. The molecule has 14 heteroatoms. The van der Waals surface area contributed by atoms with Gasteiger partial charge >= 0.3 is 12.4 Å². The Morgan fingerprint density at radius 3 is 2.39 bits per heavy atom. The van der Waals surface area contributed by atoms with Gasteiger partial charge in [0.2, 0.25) is 0 Å². The number of H-pyrrole nitrogens is 1. The van der Waals surface area contributed by atoms with Crippen molar-refractivity contribution in [1.29, 1.82) is 0 Å². The Kier molecular flexibility index (Phi) is 10.6. The molecule has 1 aromatic heterocycles. The third-order valence-electron chi connectivity index (χ3n) is 8.29. The van der Waals surface area contributed by atoms with E-state index < -0.39 is 41.0 Å². The lowest BCUT2D eigenvalue weighted by atomic mass is 9.98. The number of alkyl halides is 6. The highest BCUT2D eigenvalue weighted by molar-refractivity contribution is 5.95. The molecule has 2 aromatic carbocycles. The molecule has 2 saturated heterocycles. The van der Waals surface area contributed by atoms with E-state index in [0.29, 0.717) is 58.0 Å². The fourth-order valence-electron chi connectivity index (χ4n) is 5.80. The van der Waals surface area contributed by atoms with E-state index in [-0.39, 0.29) is 12.6 Å². The molecular weight excluding hydrogens is 616 g/mol. The first-order valence-electron chi connectivity index (χ1n) is 15.1. The third-order valence-corrected chi connectivity index (χ3v) is 8.29. The van der Waals surface area contributed by atoms with Gasteiger partial charge < -0.3 is 14.6 Å². The van der Waals surface area contributed by atoms with Gasteiger partial charge in [-0.05, 0) is 49.2 Å². The van der Waals surface area contributed by atoms with Crippen LogP contribution in [0.25, 0.3) is 10.9 Å². The average Bonchev–Trinajstić information content (AvgIpc) is 3.44. The number of nitrogens with one attached hydrogen (secondary N) is 2. The summed E-state index contributed by atoms with van der Waals surface area (Å²) in [6.45, 7) is 7.63. The van der Waals surface area contributed by atoms with Crippen LogP contribution in [0, 0.1) is 0 Å². The summed E-state index contributed by atoms with van der Waals surface area (Å²) in [4.78, 5) is 28.2. The molecule has 5 rings (SSSR count). The van der Waals surface area contributed by atoms with Crippen LogP contribution in [0.3, 0.4) is 0 Å². The smallest absolute Gasteiger partial charge is 0.379 e. The van der Waals surface area contributed by atoms with Crippen LogP contribution >= 0.6 is 0 Å². The molecule has 1 amide bonds. The van der Waals surface area contributed by atoms with Crippen molar-refractivity contribution >= 4 is 16.8 Å². The number of aromatic amines is 1. The van der Waals surface area contributed by atoms with E-state index in [0.717, 1.165) is 41.8 Å². The minimum Gasteiger partial charge on any atom is -0.379 e. The summed E-state index contributed by atoms with van der Waals surface area (Å²) in [5, 5.41) is 0.930. The van der Waals surface area contributed by atoms with Crippen LogP contribution in [0.5, 0.6) is 0 Å². The van der Waals surface area contributed by atoms with Crippen LogP contribution in [0.4, 0.5) is 26.3 Å². The summed E-state index contributed by atoms with van der Waals surface area (Å²) in [7, 11) is 0. The van der Waals surface area contributed by atoms with Crippen LogP contribution in [0.1, 0.15) is 34.0 Å². The molecule has 0 unspecified atom stereocenters. The highest BCUT2D eigenvalue weighted by Gasteiger charge is 2.39. The number of aromatic nitrogens is 1. The van der Waals surface area contributed by atoms with Gasteiger partial charge in [0.1, 0.15) is 0 Å². The van der Waals surface area contributed by atoms with E-state index >= 15 is 0 Å². The molecule has 0 bridgehead atoms. The van der Waals surface area contributed by atoms with Gasteiger partial charge in [-0.1, -0.05) is 18.2 Å². The van der Waals surface area contributed by atoms with Crippen molar-refractivity contribution in [3.05, 3.63) is 82.7 Å². The Morgan fingerprint density at radius 2 is 1.70 bits per heavy atom. The van der Waals surface area contributed by atoms with Crippen molar-refractivity contribution in [1.82, 2.24) is 25.2 Å². The van der Waals surface area contributed by atoms with E-state index in [1.54, 1.807) is 0 Å². The van der Waals surface area contributed by atoms with Gasteiger partial charge in [-0.15, -0.1) is 0 Å². The number of hydrogen-bond acceptors (Lipinski definition) is 6. The van der Waals surface area contributed by atoms with Crippen molar-refractivity contribution < 1.29 is 40.7 Å². The number of piperazine rings is 1. The number of carbonyl (C=O) groups excluding carboxylic acids is 1. The number of ether oxygens (including phenoxy) is 1. The van der Waals surface area contributed by atoms with E-state index in [9.17, 15) is 31.1 Å². The van der Waals surface area contributed by atoms with E-state index in [4.69, 9.17) is 9.57 Å². The van der Waals surface area contributed by atoms with Crippen molar-refractivity contribution in [3.8, 4) is 0 Å². The van der Waals surface area contributed by atoms with Gasteiger partial charge in [-0.3, -0.25) is 24.9 Å². The number of carbonyl (C=O) groups is 1. The quantitative estimate of drug-likeness (QED) is 0.175. The molecule has 1 atom stereocenters. The normalized spacial score (nSPS) is 19.2. The summed E-state index contributed by atoms with van der Waals surface area (Å²) in [5.74, 6) is -0.872. The van der Waals surface area contributed by atoms with Gasteiger partial charge in [0.15, 0.2) is 0 Å². The third kappa shape index (κ3) is 8.60. The lowest BCUT2D eigenvalue weighted by Gasteiger charge is -2.41. The maximum Gasteiger partial charge on any atom is 0.416 e. The number of amides is 1. The van der Waals surface area contributed by atoms with E-state index in [2.05, 4.69) is 20.3 Å². The molecule has 3 heterocycles. The van der Waals surface area contributed by atoms with Crippen LogP contribution in [0.2, 0.25) is 0 Å². The first-order chi connectivity index (χ1) is 21.9. The SMILES string of the molecule is CC(=CCN1CCN(C(=O)c2cc(C(F)(F)F)cc(C(F)(F)F)c2)[C@H](Cc2c[nH]c3ccccc23)C1)NOCCN1CCOCC1. The molecule has 46 heavy (non-hydrogen) atoms. The zero-order chi connectivity index (χ0) is 32.9. The maximum atomic E-state index is 13.7. The van der Waals surface area contributed by atoms with E-state index in [1.807, 2.05) is 43.5 Å². The minimum atomic E-state index is -5.05. The number of allylic oxidation sites excluding steroid dienone is 1. The Hall–Kier alpha value is -3.59. The Bertz CT molecular complexity index is 1480. The van der Waals surface area contributed by atoms with Crippen molar-refractivity contribution in [2.24, 2.45) is 0 Å². The van der Waals surface area contributed by atoms with Gasteiger partial charge in [0.25, 0.3) is 5.91 Å². The van der Waals surface area contributed by atoms with Crippen molar-refractivity contribution in [2.45, 2.75) is 31.7 Å². The summed E-state index contributed by atoms with van der Waals surface area (Å²) in [6.07, 6.45) is -5.99. The van der Waals surface area contributed by atoms with Crippen LogP contribution in [0.15, 0.2) is 60.4 Å². The second-order valence-electron chi connectivity index (χ2n) is 11.6. The Labute approximate surface area is 262 Å². The number of halogens is 6. The lowest BCUT2D eigenvalue weighted by molar-refractivity contribution is -0.143. The molecule has 2 aliphatic heterocycles. The number of para-hydroxylation sites is 1.